The third kappa shape index (κ3) is 4.43. The normalized spacial score (nSPS) is 13.9. The number of hydrogen-bond acceptors (Lipinski definition) is 5. The minimum absolute atomic E-state index is 0.0691. The van der Waals surface area contributed by atoms with E-state index in [-0.39, 0.29) is 30.1 Å². The van der Waals surface area contributed by atoms with Crippen molar-refractivity contribution in [2.75, 3.05) is 13.2 Å². The summed E-state index contributed by atoms with van der Waals surface area (Å²) in [7, 11) is 0. The van der Waals surface area contributed by atoms with Gasteiger partial charge in [0.25, 0.3) is 0 Å². The second kappa shape index (κ2) is 8.86. The smallest absolute Gasteiger partial charge is 0.226 e. The molecule has 0 spiro atoms. The lowest BCUT2D eigenvalue weighted by Crippen LogP contribution is -2.33. The molecule has 1 unspecified atom stereocenters. The minimum Gasteiger partial charge on any atom is -0.486 e. The highest BCUT2D eigenvalue weighted by molar-refractivity contribution is 7.15. The van der Waals surface area contributed by atoms with E-state index < -0.39 is 0 Å². The Bertz CT molecular complexity index is 1300. The first-order chi connectivity index (χ1) is 16.0. The van der Waals surface area contributed by atoms with Crippen LogP contribution >= 0.6 is 11.3 Å². The maximum atomic E-state index is 13.2. The largest absolute Gasteiger partial charge is 0.486 e. The van der Waals surface area contributed by atoms with Crippen LogP contribution < -0.4 is 14.8 Å². The zero-order valence-electron chi connectivity index (χ0n) is 18.4. The van der Waals surface area contributed by atoms with Crippen molar-refractivity contribution in [3.05, 3.63) is 71.1 Å². The van der Waals surface area contributed by atoms with Gasteiger partial charge < -0.3 is 14.8 Å². The van der Waals surface area contributed by atoms with Crippen molar-refractivity contribution < 1.29 is 18.7 Å². The van der Waals surface area contributed by atoms with E-state index in [4.69, 9.17) is 9.47 Å². The molecule has 170 valence electrons. The zero-order chi connectivity index (χ0) is 22.9. The molecule has 2 aromatic heterocycles. The van der Waals surface area contributed by atoms with Crippen LogP contribution in [0.5, 0.6) is 11.5 Å². The molecule has 0 radical (unpaired) electrons. The van der Waals surface area contributed by atoms with Crippen LogP contribution in [0.15, 0.2) is 54.0 Å². The lowest BCUT2D eigenvalue weighted by Gasteiger charge is -2.25. The van der Waals surface area contributed by atoms with E-state index in [9.17, 15) is 9.18 Å². The third-order valence-corrected chi connectivity index (χ3v) is 6.56. The fourth-order valence-electron chi connectivity index (χ4n) is 3.99. The van der Waals surface area contributed by atoms with Crippen molar-refractivity contribution in [2.24, 2.45) is 5.92 Å². The number of ether oxygens (including phenoxy) is 2. The number of thiazole rings is 1. The first kappa shape index (κ1) is 21.5. The van der Waals surface area contributed by atoms with Gasteiger partial charge in [0.1, 0.15) is 19.0 Å². The molecule has 1 aliphatic heterocycles. The Morgan fingerprint density at radius 3 is 2.67 bits per heavy atom. The van der Waals surface area contributed by atoms with Crippen LogP contribution in [0.3, 0.4) is 0 Å². The first-order valence-electron chi connectivity index (χ1n) is 10.9. The molecule has 3 heterocycles. The van der Waals surface area contributed by atoms with Gasteiger partial charge >= 0.3 is 0 Å². The van der Waals surface area contributed by atoms with Crippen LogP contribution in [0, 0.1) is 11.7 Å². The van der Waals surface area contributed by atoms with Gasteiger partial charge in [-0.05, 0) is 47.9 Å². The number of nitrogens with zero attached hydrogens (tertiary/aromatic N) is 2. The number of fused-ring (bicyclic) bond motifs is 2. The Kier molecular flexibility index (Phi) is 5.76. The summed E-state index contributed by atoms with van der Waals surface area (Å²) in [5.74, 6) is 1.29. The SMILES string of the molecule is CC(C)C(NC(=O)Cc1csc2nc(-c3ccc(F)cc3)cn12)c1ccc2c(c1)OCCO2. The number of aromatic nitrogens is 2. The summed E-state index contributed by atoms with van der Waals surface area (Å²) in [5.41, 5.74) is 3.43. The summed E-state index contributed by atoms with van der Waals surface area (Å²) in [6, 6.07) is 11.9. The Hall–Kier alpha value is -3.39. The van der Waals surface area contributed by atoms with Gasteiger partial charge in [-0.25, -0.2) is 9.37 Å². The molecule has 5 rings (SSSR count). The molecule has 1 amide bonds. The molecule has 2 aromatic carbocycles. The van der Waals surface area contributed by atoms with Crippen molar-refractivity contribution in [3.63, 3.8) is 0 Å². The van der Waals surface area contributed by atoms with Crippen molar-refractivity contribution in [1.82, 2.24) is 14.7 Å². The summed E-state index contributed by atoms with van der Waals surface area (Å²) in [5, 5.41) is 5.13. The number of rotatable bonds is 6. The topological polar surface area (TPSA) is 64.9 Å². The fraction of sp³-hybridized carbons (Fsp3) is 0.280. The Labute approximate surface area is 195 Å². The number of carbonyl (C=O) groups is 1. The molecule has 8 heteroatoms. The van der Waals surface area contributed by atoms with E-state index in [2.05, 4.69) is 24.1 Å². The summed E-state index contributed by atoms with van der Waals surface area (Å²) >= 11 is 1.48. The van der Waals surface area contributed by atoms with Crippen LogP contribution in [0.1, 0.15) is 31.1 Å². The summed E-state index contributed by atoms with van der Waals surface area (Å²) in [6.45, 7) is 5.22. The van der Waals surface area contributed by atoms with Gasteiger partial charge in [-0.3, -0.25) is 9.20 Å². The molecule has 6 nitrogen and oxygen atoms in total. The zero-order valence-corrected chi connectivity index (χ0v) is 19.2. The fourth-order valence-corrected chi connectivity index (χ4v) is 4.87. The number of carbonyl (C=O) groups excluding carboxylic acids is 1. The van der Waals surface area contributed by atoms with E-state index in [1.165, 1.54) is 23.5 Å². The van der Waals surface area contributed by atoms with Gasteiger partial charge in [-0.2, -0.15) is 0 Å². The van der Waals surface area contributed by atoms with Crippen LogP contribution in [-0.4, -0.2) is 28.5 Å². The van der Waals surface area contributed by atoms with Crippen LogP contribution in [-0.2, 0) is 11.2 Å². The second-order valence-electron chi connectivity index (χ2n) is 8.38. The van der Waals surface area contributed by atoms with Gasteiger partial charge in [0.2, 0.25) is 5.91 Å². The van der Waals surface area contributed by atoms with Gasteiger partial charge in [0.15, 0.2) is 16.5 Å². The molecular weight excluding hydrogens is 441 g/mol. The Morgan fingerprint density at radius 1 is 1.15 bits per heavy atom. The van der Waals surface area contributed by atoms with Crippen LogP contribution in [0.25, 0.3) is 16.2 Å². The van der Waals surface area contributed by atoms with Gasteiger partial charge in [-0.1, -0.05) is 19.9 Å². The second-order valence-corrected chi connectivity index (χ2v) is 9.22. The third-order valence-electron chi connectivity index (χ3n) is 5.67. The molecule has 0 aliphatic carbocycles. The molecule has 1 N–H and O–H groups in total. The predicted octanol–water partition coefficient (Wildman–Crippen LogP) is 5.03. The van der Waals surface area contributed by atoms with Gasteiger partial charge in [0.05, 0.1) is 18.2 Å². The monoisotopic (exact) mass is 465 g/mol. The molecule has 33 heavy (non-hydrogen) atoms. The number of imidazole rings is 1. The average Bonchev–Trinajstić information content (AvgIpc) is 3.39. The molecule has 0 fully saturated rings. The Balaban J connectivity index is 1.33. The standard InChI is InChI=1S/C25H24FN3O3S/c1-15(2)24(17-5-8-21-22(11-17)32-10-9-31-21)28-23(30)12-19-14-33-25-27-20(13-29(19)25)16-3-6-18(26)7-4-16/h3-8,11,13-15,24H,9-10,12H2,1-2H3,(H,28,30). The maximum absolute atomic E-state index is 13.2. The summed E-state index contributed by atoms with van der Waals surface area (Å²) in [4.78, 5) is 18.4. The van der Waals surface area contributed by atoms with Crippen LogP contribution in [0.4, 0.5) is 4.39 Å². The highest BCUT2D eigenvalue weighted by Gasteiger charge is 2.22. The lowest BCUT2D eigenvalue weighted by molar-refractivity contribution is -0.121. The molecular formula is C25H24FN3O3S. The minimum atomic E-state index is -0.283. The number of hydrogen-bond donors (Lipinski definition) is 1. The molecule has 1 atom stereocenters. The lowest BCUT2D eigenvalue weighted by atomic mass is 9.95. The molecule has 4 aromatic rings. The van der Waals surface area contributed by atoms with E-state index in [0.29, 0.717) is 19.0 Å². The van der Waals surface area contributed by atoms with E-state index in [0.717, 1.165) is 33.2 Å². The number of halogens is 1. The highest BCUT2D eigenvalue weighted by Crippen LogP contribution is 2.34. The quantitative estimate of drug-likeness (QED) is 0.434. The summed E-state index contributed by atoms with van der Waals surface area (Å²) < 4.78 is 26.5. The van der Waals surface area contributed by atoms with Crippen molar-refractivity contribution >= 4 is 22.2 Å². The summed E-state index contributed by atoms with van der Waals surface area (Å²) in [6.07, 6.45) is 2.12. The van der Waals surface area contributed by atoms with E-state index in [1.54, 1.807) is 12.1 Å². The van der Waals surface area contributed by atoms with Gasteiger partial charge in [-0.15, -0.1) is 11.3 Å². The molecule has 1 aliphatic rings. The molecule has 0 saturated carbocycles. The van der Waals surface area contributed by atoms with E-state index >= 15 is 0 Å². The average molecular weight is 466 g/mol. The highest BCUT2D eigenvalue weighted by atomic mass is 32.1. The predicted molar refractivity (Wildman–Crippen MR) is 125 cm³/mol. The number of amides is 1. The van der Waals surface area contributed by atoms with Crippen molar-refractivity contribution in [3.8, 4) is 22.8 Å². The van der Waals surface area contributed by atoms with Crippen molar-refractivity contribution in [2.45, 2.75) is 26.3 Å². The molecule has 0 saturated heterocycles. The number of benzene rings is 2. The van der Waals surface area contributed by atoms with E-state index in [1.807, 2.05) is 34.2 Å². The molecule has 0 bridgehead atoms. The van der Waals surface area contributed by atoms with Crippen LogP contribution in [0.2, 0.25) is 0 Å². The Morgan fingerprint density at radius 2 is 1.91 bits per heavy atom. The maximum Gasteiger partial charge on any atom is 0.226 e. The van der Waals surface area contributed by atoms with Gasteiger partial charge in [0, 0.05) is 22.8 Å². The van der Waals surface area contributed by atoms with Crippen molar-refractivity contribution in [1.29, 1.82) is 0 Å². The first-order valence-corrected chi connectivity index (χ1v) is 11.8. The number of nitrogens with one attached hydrogen (secondary N) is 1.